The standard InChI is InChI=1S/C14H19NO4S/c16-14(6-9-19-13-4-2-1-3-5-13)15-12-7-10-20(17,18)11-8-12/h1-5,12H,6-11H2,(H,15,16). The largest absolute Gasteiger partial charge is 0.493 e. The minimum absolute atomic E-state index is 0.0252. The lowest BCUT2D eigenvalue weighted by Crippen LogP contribution is -2.41. The highest BCUT2D eigenvalue weighted by Gasteiger charge is 2.24. The van der Waals surface area contributed by atoms with E-state index < -0.39 is 9.84 Å². The van der Waals surface area contributed by atoms with Gasteiger partial charge in [-0.1, -0.05) is 18.2 Å². The zero-order chi connectivity index (χ0) is 14.4. The predicted octanol–water partition coefficient (Wildman–Crippen LogP) is 1.15. The Hall–Kier alpha value is -1.56. The molecule has 1 fully saturated rings. The van der Waals surface area contributed by atoms with Crippen molar-refractivity contribution in [1.82, 2.24) is 5.32 Å². The van der Waals surface area contributed by atoms with Crippen LogP contribution in [0.25, 0.3) is 0 Å². The molecule has 5 nitrogen and oxygen atoms in total. The first-order valence-electron chi connectivity index (χ1n) is 6.73. The van der Waals surface area contributed by atoms with Gasteiger partial charge in [0.2, 0.25) is 5.91 Å². The summed E-state index contributed by atoms with van der Waals surface area (Å²) in [6, 6.07) is 9.29. The Morgan fingerprint density at radius 2 is 1.85 bits per heavy atom. The first-order valence-corrected chi connectivity index (χ1v) is 8.55. The van der Waals surface area contributed by atoms with Gasteiger partial charge < -0.3 is 10.1 Å². The molecule has 1 N–H and O–H groups in total. The zero-order valence-corrected chi connectivity index (χ0v) is 12.1. The summed E-state index contributed by atoms with van der Waals surface area (Å²) >= 11 is 0. The lowest BCUT2D eigenvalue weighted by atomic mass is 10.1. The van der Waals surface area contributed by atoms with Crippen molar-refractivity contribution in [3.63, 3.8) is 0 Å². The van der Waals surface area contributed by atoms with Gasteiger partial charge in [0.25, 0.3) is 0 Å². The molecule has 110 valence electrons. The van der Waals surface area contributed by atoms with Gasteiger partial charge in [0, 0.05) is 6.04 Å². The van der Waals surface area contributed by atoms with Crippen LogP contribution in [0.2, 0.25) is 0 Å². The first kappa shape index (κ1) is 14.8. The molecule has 0 aromatic heterocycles. The summed E-state index contributed by atoms with van der Waals surface area (Å²) in [6.07, 6.45) is 1.29. The number of benzene rings is 1. The van der Waals surface area contributed by atoms with Gasteiger partial charge in [-0.25, -0.2) is 8.42 Å². The number of sulfone groups is 1. The average Bonchev–Trinajstić information content (AvgIpc) is 2.42. The molecule has 0 atom stereocenters. The lowest BCUT2D eigenvalue weighted by molar-refractivity contribution is -0.122. The molecule has 20 heavy (non-hydrogen) atoms. The van der Waals surface area contributed by atoms with Crippen LogP contribution in [0.4, 0.5) is 0 Å². The molecule has 1 aliphatic heterocycles. The van der Waals surface area contributed by atoms with E-state index in [4.69, 9.17) is 4.74 Å². The summed E-state index contributed by atoms with van der Waals surface area (Å²) in [5.41, 5.74) is 0. The van der Waals surface area contributed by atoms with Crippen LogP contribution < -0.4 is 10.1 Å². The van der Waals surface area contributed by atoms with Crippen LogP contribution in [0.5, 0.6) is 5.75 Å². The Morgan fingerprint density at radius 3 is 2.50 bits per heavy atom. The van der Waals surface area contributed by atoms with Gasteiger partial charge in [-0.3, -0.25) is 4.79 Å². The summed E-state index contributed by atoms with van der Waals surface area (Å²) in [5.74, 6) is 0.978. The topological polar surface area (TPSA) is 72.5 Å². The van der Waals surface area contributed by atoms with E-state index in [2.05, 4.69) is 5.32 Å². The SMILES string of the molecule is O=C(CCOc1ccccc1)NC1CCS(=O)(=O)CC1. The molecule has 2 rings (SSSR count). The molecule has 1 saturated heterocycles. The van der Waals surface area contributed by atoms with E-state index in [9.17, 15) is 13.2 Å². The molecule has 0 saturated carbocycles. The maximum Gasteiger partial charge on any atom is 0.223 e. The maximum atomic E-state index is 11.7. The Labute approximate surface area is 119 Å². The molecule has 0 aliphatic carbocycles. The number of ether oxygens (including phenoxy) is 1. The third-order valence-electron chi connectivity index (χ3n) is 3.26. The van der Waals surface area contributed by atoms with Crippen LogP contribution in [-0.4, -0.2) is 38.5 Å². The van der Waals surface area contributed by atoms with Crippen molar-refractivity contribution < 1.29 is 17.9 Å². The van der Waals surface area contributed by atoms with Crippen LogP contribution in [0, 0.1) is 0 Å². The highest BCUT2D eigenvalue weighted by atomic mass is 32.2. The third-order valence-corrected chi connectivity index (χ3v) is 4.98. The Kier molecular flexibility index (Phi) is 5.00. The van der Waals surface area contributed by atoms with Gasteiger partial charge in [-0.2, -0.15) is 0 Å². The maximum absolute atomic E-state index is 11.7. The third kappa shape index (κ3) is 4.85. The van der Waals surface area contributed by atoms with Crippen molar-refractivity contribution in [3.8, 4) is 5.75 Å². The van der Waals surface area contributed by atoms with Gasteiger partial charge in [-0.05, 0) is 25.0 Å². The van der Waals surface area contributed by atoms with Crippen molar-refractivity contribution in [2.45, 2.75) is 25.3 Å². The number of para-hydroxylation sites is 1. The van der Waals surface area contributed by atoms with E-state index in [1.807, 2.05) is 30.3 Å². The smallest absolute Gasteiger partial charge is 0.223 e. The number of rotatable bonds is 5. The average molecular weight is 297 g/mol. The zero-order valence-electron chi connectivity index (χ0n) is 11.2. The van der Waals surface area contributed by atoms with Gasteiger partial charge in [-0.15, -0.1) is 0 Å². The Bertz CT molecular complexity index is 528. The molecule has 6 heteroatoms. The summed E-state index contributed by atoms with van der Waals surface area (Å²) in [5, 5.41) is 2.86. The summed E-state index contributed by atoms with van der Waals surface area (Å²) in [4.78, 5) is 11.7. The lowest BCUT2D eigenvalue weighted by Gasteiger charge is -2.23. The van der Waals surface area contributed by atoms with Crippen molar-refractivity contribution >= 4 is 15.7 Å². The second-order valence-electron chi connectivity index (χ2n) is 4.91. The minimum Gasteiger partial charge on any atom is -0.493 e. The molecule has 1 aliphatic rings. The second-order valence-corrected chi connectivity index (χ2v) is 7.21. The second kappa shape index (κ2) is 6.74. The highest BCUT2D eigenvalue weighted by molar-refractivity contribution is 7.91. The monoisotopic (exact) mass is 297 g/mol. The minimum atomic E-state index is -2.88. The quantitative estimate of drug-likeness (QED) is 0.885. The van der Waals surface area contributed by atoms with E-state index in [-0.39, 0.29) is 29.9 Å². The van der Waals surface area contributed by atoms with Crippen LogP contribution in [0.1, 0.15) is 19.3 Å². The molecular formula is C14H19NO4S. The van der Waals surface area contributed by atoms with E-state index >= 15 is 0 Å². The molecule has 0 bridgehead atoms. The fourth-order valence-electron chi connectivity index (χ4n) is 2.11. The number of hydrogen-bond donors (Lipinski definition) is 1. The number of amides is 1. The normalized spacial score (nSPS) is 18.4. The van der Waals surface area contributed by atoms with Crippen molar-refractivity contribution in [1.29, 1.82) is 0 Å². The van der Waals surface area contributed by atoms with Gasteiger partial charge >= 0.3 is 0 Å². The fourth-order valence-corrected chi connectivity index (χ4v) is 3.60. The fraction of sp³-hybridized carbons (Fsp3) is 0.500. The Morgan fingerprint density at radius 1 is 1.20 bits per heavy atom. The van der Waals surface area contributed by atoms with Crippen LogP contribution in [0.3, 0.4) is 0 Å². The number of nitrogens with one attached hydrogen (secondary N) is 1. The predicted molar refractivity (Wildman–Crippen MR) is 76.4 cm³/mol. The van der Waals surface area contributed by atoms with Crippen molar-refractivity contribution in [2.24, 2.45) is 0 Å². The van der Waals surface area contributed by atoms with Gasteiger partial charge in [0.05, 0.1) is 24.5 Å². The molecule has 1 aromatic carbocycles. The molecule has 0 unspecified atom stereocenters. The van der Waals surface area contributed by atoms with Crippen molar-refractivity contribution in [3.05, 3.63) is 30.3 Å². The van der Waals surface area contributed by atoms with Crippen LogP contribution >= 0.6 is 0 Å². The van der Waals surface area contributed by atoms with Crippen molar-refractivity contribution in [2.75, 3.05) is 18.1 Å². The Balaban J connectivity index is 1.66. The van der Waals surface area contributed by atoms with Crippen LogP contribution in [0.15, 0.2) is 30.3 Å². The van der Waals surface area contributed by atoms with Gasteiger partial charge in [0.15, 0.2) is 0 Å². The molecule has 1 amide bonds. The van der Waals surface area contributed by atoms with E-state index in [0.29, 0.717) is 19.4 Å². The first-order chi connectivity index (χ1) is 9.55. The molecule has 0 spiro atoms. The molecular weight excluding hydrogens is 278 g/mol. The highest BCUT2D eigenvalue weighted by Crippen LogP contribution is 2.12. The number of carbonyl (C=O) groups is 1. The summed E-state index contributed by atoms with van der Waals surface area (Å²) in [7, 11) is -2.88. The molecule has 1 aromatic rings. The number of hydrogen-bond acceptors (Lipinski definition) is 4. The summed E-state index contributed by atoms with van der Waals surface area (Å²) < 4.78 is 28.0. The van der Waals surface area contributed by atoms with E-state index in [1.165, 1.54) is 0 Å². The van der Waals surface area contributed by atoms with E-state index in [1.54, 1.807) is 0 Å². The van der Waals surface area contributed by atoms with E-state index in [0.717, 1.165) is 5.75 Å². The van der Waals surface area contributed by atoms with Gasteiger partial charge in [0.1, 0.15) is 15.6 Å². The molecule has 0 radical (unpaired) electrons. The summed E-state index contributed by atoms with van der Waals surface area (Å²) in [6.45, 7) is 0.320. The number of carbonyl (C=O) groups excluding carboxylic acids is 1. The molecule has 1 heterocycles. The van der Waals surface area contributed by atoms with Crippen LogP contribution in [-0.2, 0) is 14.6 Å².